The van der Waals surface area contributed by atoms with Gasteiger partial charge in [0.05, 0.1) is 5.69 Å². The van der Waals surface area contributed by atoms with E-state index in [1.54, 1.807) is 12.3 Å². The molecule has 126 valence electrons. The normalized spacial score (nSPS) is 10.1. The first-order valence-corrected chi connectivity index (χ1v) is 7.39. The number of urea groups is 1. The Balaban J connectivity index is 2.26. The van der Waals surface area contributed by atoms with Crippen LogP contribution in [0.25, 0.3) is 6.08 Å². The number of para-hydroxylation sites is 1. The van der Waals surface area contributed by atoms with Crippen LogP contribution in [0.2, 0.25) is 0 Å². The molecule has 2 rings (SSSR count). The highest BCUT2D eigenvalue weighted by atomic mass is 16.5. The zero-order valence-electron chi connectivity index (χ0n) is 14.0. The number of carbonyl (C=O) groups excluding carboxylic acids is 1. The monoisotopic (exact) mass is 327 g/mol. The second kappa shape index (κ2) is 7.45. The molecule has 0 unspecified atom stereocenters. The van der Waals surface area contributed by atoms with Gasteiger partial charge in [-0.05, 0) is 24.6 Å². The summed E-state index contributed by atoms with van der Waals surface area (Å²) in [6.07, 6.45) is 3.49. The van der Waals surface area contributed by atoms with Crippen LogP contribution in [-0.4, -0.2) is 22.7 Å². The van der Waals surface area contributed by atoms with Crippen molar-refractivity contribution in [2.75, 3.05) is 12.4 Å². The molecule has 0 atom stereocenters. The Morgan fingerprint density at radius 1 is 1.50 bits per heavy atom. The second-order valence-corrected chi connectivity index (χ2v) is 5.33. The van der Waals surface area contributed by atoms with Crippen molar-refractivity contribution in [1.82, 2.24) is 9.58 Å². The number of aryl methyl sites for hydroxylation is 2. The van der Waals surface area contributed by atoms with E-state index in [4.69, 9.17) is 10.3 Å². The van der Waals surface area contributed by atoms with Crippen molar-refractivity contribution < 1.29 is 9.53 Å². The summed E-state index contributed by atoms with van der Waals surface area (Å²) in [7, 11) is 3.27. The van der Waals surface area contributed by atoms with Gasteiger partial charge >= 0.3 is 6.03 Å². The number of benzene rings is 1. The lowest BCUT2D eigenvalue weighted by Crippen LogP contribution is -2.26. The molecule has 1 heterocycles. The predicted molar refractivity (Wildman–Crippen MR) is 92.9 cm³/mol. The average Bonchev–Trinajstić information content (AvgIpc) is 2.87. The molecule has 0 spiro atoms. The summed E-state index contributed by atoms with van der Waals surface area (Å²) >= 11 is 0. The number of aromatic nitrogens is 1. The third-order valence-corrected chi connectivity index (χ3v) is 3.68. The van der Waals surface area contributed by atoms with Crippen molar-refractivity contribution in [3.05, 3.63) is 53.9 Å². The van der Waals surface area contributed by atoms with Crippen LogP contribution >= 0.6 is 0 Å². The van der Waals surface area contributed by atoms with Crippen LogP contribution in [0.5, 0.6) is 5.75 Å². The molecule has 0 aliphatic rings. The van der Waals surface area contributed by atoms with Crippen LogP contribution < -0.4 is 10.1 Å². The molecule has 2 N–H and O–H groups in total. The van der Waals surface area contributed by atoms with Gasteiger partial charge in [-0.15, -0.1) is 0 Å². The number of amides is 2. The quantitative estimate of drug-likeness (QED) is 0.621. The van der Waals surface area contributed by atoms with Crippen molar-refractivity contribution in [1.29, 1.82) is 5.53 Å². The minimum absolute atomic E-state index is 0.282. The number of ether oxygens (including phenoxy) is 1. The number of anilines is 1. The van der Waals surface area contributed by atoms with Gasteiger partial charge in [-0.3, -0.25) is 0 Å². The van der Waals surface area contributed by atoms with Crippen LogP contribution in [0.15, 0.2) is 42.3 Å². The van der Waals surface area contributed by atoms with Gasteiger partial charge in [0.15, 0.2) is 0 Å². The van der Waals surface area contributed by atoms with E-state index in [-0.39, 0.29) is 6.61 Å². The molecule has 0 fully saturated rings. The number of hydrogen-bond acceptors (Lipinski definition) is 4. The van der Waals surface area contributed by atoms with Gasteiger partial charge in [0.25, 0.3) is 0 Å². The Bertz CT molecular complexity index is 766. The SMILES string of the molecule is C=Cc1c(COc2ccccc2C)c(NC(=O)N(C)N=N)cn1C. The third-order valence-electron chi connectivity index (χ3n) is 3.68. The lowest BCUT2D eigenvalue weighted by Gasteiger charge is -2.13. The molecule has 0 radical (unpaired) electrons. The minimum Gasteiger partial charge on any atom is -0.488 e. The second-order valence-electron chi connectivity index (χ2n) is 5.33. The Morgan fingerprint density at radius 2 is 2.21 bits per heavy atom. The fraction of sp³-hybridized carbons (Fsp3) is 0.235. The van der Waals surface area contributed by atoms with E-state index < -0.39 is 6.03 Å². The van der Waals surface area contributed by atoms with E-state index in [0.29, 0.717) is 5.69 Å². The molecule has 7 heteroatoms. The average molecular weight is 327 g/mol. The Kier molecular flexibility index (Phi) is 5.36. The topological polar surface area (TPSA) is 82.7 Å². The maximum atomic E-state index is 12.0. The van der Waals surface area contributed by atoms with Crippen LogP contribution in [0, 0.1) is 12.5 Å². The van der Waals surface area contributed by atoms with E-state index in [1.807, 2.05) is 42.8 Å². The molecule has 2 aromatic rings. The number of nitrogens with one attached hydrogen (secondary N) is 2. The highest BCUT2D eigenvalue weighted by Gasteiger charge is 2.17. The van der Waals surface area contributed by atoms with E-state index in [2.05, 4.69) is 17.1 Å². The molecule has 24 heavy (non-hydrogen) atoms. The number of nitrogens with zero attached hydrogens (tertiary/aromatic N) is 3. The molecule has 0 bridgehead atoms. The molecule has 1 aromatic heterocycles. The van der Waals surface area contributed by atoms with Crippen LogP contribution in [0.3, 0.4) is 0 Å². The van der Waals surface area contributed by atoms with Crippen molar-refractivity contribution in [2.45, 2.75) is 13.5 Å². The first-order valence-electron chi connectivity index (χ1n) is 7.39. The highest BCUT2D eigenvalue weighted by molar-refractivity contribution is 5.90. The first kappa shape index (κ1) is 17.3. The summed E-state index contributed by atoms with van der Waals surface area (Å²) < 4.78 is 7.76. The Labute approximate surface area is 141 Å². The third kappa shape index (κ3) is 3.62. The minimum atomic E-state index is -0.497. The Hall–Kier alpha value is -3.09. The molecule has 1 aromatic carbocycles. The largest absolute Gasteiger partial charge is 0.488 e. The lowest BCUT2D eigenvalue weighted by atomic mass is 10.2. The molecular weight excluding hydrogens is 306 g/mol. The van der Waals surface area contributed by atoms with Crippen molar-refractivity contribution in [3.8, 4) is 5.75 Å². The van der Waals surface area contributed by atoms with E-state index in [0.717, 1.165) is 27.6 Å². The van der Waals surface area contributed by atoms with Crippen LogP contribution in [-0.2, 0) is 13.7 Å². The highest BCUT2D eigenvalue weighted by Crippen LogP contribution is 2.26. The summed E-state index contributed by atoms with van der Waals surface area (Å²) in [5.41, 5.74) is 10.2. The number of hydrogen-bond donors (Lipinski definition) is 2. The van der Waals surface area contributed by atoms with Crippen LogP contribution in [0.4, 0.5) is 10.5 Å². The van der Waals surface area contributed by atoms with Gasteiger partial charge < -0.3 is 14.6 Å². The maximum absolute atomic E-state index is 12.0. The van der Waals surface area contributed by atoms with Gasteiger partial charge in [-0.1, -0.05) is 30.0 Å². The summed E-state index contributed by atoms with van der Waals surface area (Å²) in [5, 5.41) is 6.72. The maximum Gasteiger partial charge on any atom is 0.343 e. The molecule has 2 amide bonds. The van der Waals surface area contributed by atoms with Crippen molar-refractivity contribution >= 4 is 17.8 Å². The molecule has 0 saturated heterocycles. The molecule has 0 aliphatic heterocycles. The summed E-state index contributed by atoms with van der Waals surface area (Å²) in [6, 6.07) is 7.24. The molecule has 0 saturated carbocycles. The van der Waals surface area contributed by atoms with Crippen LogP contribution in [0.1, 0.15) is 16.8 Å². The zero-order chi connectivity index (χ0) is 17.7. The van der Waals surface area contributed by atoms with E-state index in [1.165, 1.54) is 7.05 Å². The summed E-state index contributed by atoms with van der Waals surface area (Å²) in [6.45, 7) is 6.08. The molecular formula is C17H21N5O2. The Morgan fingerprint density at radius 3 is 2.83 bits per heavy atom. The van der Waals surface area contributed by atoms with Gasteiger partial charge in [-0.2, -0.15) is 10.5 Å². The van der Waals surface area contributed by atoms with Gasteiger partial charge in [0.1, 0.15) is 12.4 Å². The summed E-state index contributed by atoms with van der Waals surface area (Å²) in [5.74, 6) is 0.784. The predicted octanol–water partition coefficient (Wildman–Crippen LogP) is 3.97. The smallest absolute Gasteiger partial charge is 0.343 e. The van der Waals surface area contributed by atoms with Crippen molar-refractivity contribution in [3.63, 3.8) is 0 Å². The van der Waals surface area contributed by atoms with Gasteiger partial charge in [0.2, 0.25) is 0 Å². The van der Waals surface area contributed by atoms with Gasteiger partial charge in [0, 0.05) is 31.5 Å². The zero-order valence-corrected chi connectivity index (χ0v) is 14.0. The van der Waals surface area contributed by atoms with Gasteiger partial charge in [-0.25, -0.2) is 4.79 Å². The standard InChI is InChI=1S/C17H21N5O2/c1-5-15-13(11-24-16-9-7-6-8-12(16)2)14(10-21(15)3)19-17(23)22(4)20-18/h5-10,18H,1,11H2,2-4H3,(H,19,23). The summed E-state index contributed by atoms with van der Waals surface area (Å²) in [4.78, 5) is 12.0. The van der Waals surface area contributed by atoms with E-state index >= 15 is 0 Å². The first-order chi connectivity index (χ1) is 11.5. The fourth-order valence-corrected chi connectivity index (χ4v) is 2.33. The lowest BCUT2D eigenvalue weighted by molar-refractivity contribution is 0.220. The van der Waals surface area contributed by atoms with E-state index in [9.17, 15) is 4.79 Å². The fourth-order valence-electron chi connectivity index (χ4n) is 2.33. The van der Waals surface area contributed by atoms with Crippen molar-refractivity contribution in [2.24, 2.45) is 12.3 Å². The molecule has 7 nitrogen and oxygen atoms in total. The molecule has 0 aliphatic carbocycles. The number of rotatable bonds is 6. The number of carbonyl (C=O) groups is 1.